The molecule has 0 aliphatic carbocycles. The number of carboxylic acids is 1. The van der Waals surface area contributed by atoms with Gasteiger partial charge in [-0.15, -0.1) is 0 Å². The van der Waals surface area contributed by atoms with Crippen molar-refractivity contribution in [3.8, 4) is 0 Å². The van der Waals surface area contributed by atoms with Crippen molar-refractivity contribution in [2.24, 2.45) is 0 Å². The predicted octanol–water partition coefficient (Wildman–Crippen LogP) is 0.238. The summed E-state index contributed by atoms with van der Waals surface area (Å²) in [5, 5.41) is 9.26. The van der Waals surface area contributed by atoms with E-state index in [0.717, 1.165) is 0 Å². The zero-order valence-electron chi connectivity index (χ0n) is 6.48. The van der Waals surface area contributed by atoms with Crippen molar-refractivity contribution in [2.75, 3.05) is 5.73 Å². The number of aromatic carboxylic acids is 1. The fourth-order valence-corrected chi connectivity index (χ4v) is 1.13. The Kier molecular flexibility index (Phi) is 1.42. The molecule has 4 N–H and O–H groups in total. The molecule has 0 bridgehead atoms. The van der Waals surface area contributed by atoms with Gasteiger partial charge < -0.3 is 15.8 Å². The molecule has 0 aliphatic rings. The average molecular weight is 178 g/mol. The molecule has 0 radical (unpaired) electrons. The number of aromatic nitrogens is 3. The average Bonchev–Trinajstić information content (AvgIpc) is 2.48. The highest BCUT2D eigenvalue weighted by molar-refractivity contribution is 6.03. The Morgan fingerprint density at radius 1 is 1.54 bits per heavy atom. The van der Waals surface area contributed by atoms with Crippen LogP contribution in [0.1, 0.15) is 10.5 Å². The molecule has 2 aromatic heterocycles. The van der Waals surface area contributed by atoms with Crippen molar-refractivity contribution in [3.05, 3.63) is 18.2 Å². The molecule has 2 heterocycles. The summed E-state index contributed by atoms with van der Waals surface area (Å²) in [6, 6.07) is 0. The lowest BCUT2D eigenvalue weighted by Crippen LogP contribution is -1.98. The van der Waals surface area contributed by atoms with E-state index in [1.54, 1.807) is 0 Å². The third-order valence-corrected chi connectivity index (χ3v) is 1.73. The van der Waals surface area contributed by atoms with Crippen LogP contribution in [0.5, 0.6) is 0 Å². The van der Waals surface area contributed by atoms with E-state index >= 15 is 0 Å². The van der Waals surface area contributed by atoms with Gasteiger partial charge in [-0.2, -0.15) is 0 Å². The number of nitrogen functional groups attached to an aromatic ring is 1. The number of fused-ring (bicyclic) bond motifs is 1. The molecule has 2 rings (SSSR count). The molecular formula is C7H6N4O2. The normalized spacial score (nSPS) is 10.5. The second-order valence-electron chi connectivity index (χ2n) is 2.49. The lowest BCUT2D eigenvalue weighted by molar-refractivity contribution is 0.0693. The summed E-state index contributed by atoms with van der Waals surface area (Å²) < 4.78 is 0. The van der Waals surface area contributed by atoms with E-state index in [4.69, 9.17) is 10.8 Å². The Bertz CT molecular complexity index is 476. The first-order chi connectivity index (χ1) is 6.20. The first kappa shape index (κ1) is 7.53. The number of nitrogens with two attached hydrogens (primary N) is 1. The Hall–Kier alpha value is -2.11. The number of hydrogen-bond donors (Lipinski definition) is 3. The standard InChI is InChI=1S/C7H6N4O2/c8-6-3-1-9-5(7(12)13)4(3)10-2-11-6/h1-2,9H,(H,12,13)(H2,8,10,11). The van der Waals surface area contributed by atoms with Gasteiger partial charge in [0.25, 0.3) is 0 Å². The van der Waals surface area contributed by atoms with Crippen molar-refractivity contribution >= 4 is 22.7 Å². The molecule has 0 unspecified atom stereocenters. The maximum absolute atomic E-state index is 10.7. The second-order valence-corrected chi connectivity index (χ2v) is 2.49. The Morgan fingerprint density at radius 2 is 2.31 bits per heavy atom. The van der Waals surface area contributed by atoms with E-state index in [0.29, 0.717) is 10.9 Å². The highest BCUT2D eigenvalue weighted by Crippen LogP contribution is 2.18. The Labute approximate surface area is 72.4 Å². The molecule has 2 aromatic rings. The summed E-state index contributed by atoms with van der Waals surface area (Å²) >= 11 is 0. The van der Waals surface area contributed by atoms with Crippen molar-refractivity contribution in [3.63, 3.8) is 0 Å². The smallest absolute Gasteiger partial charge is 0.354 e. The zero-order valence-corrected chi connectivity index (χ0v) is 6.48. The molecule has 0 aliphatic heterocycles. The number of aromatic amines is 1. The molecule has 0 saturated carbocycles. The first-order valence-electron chi connectivity index (χ1n) is 3.51. The van der Waals surface area contributed by atoms with E-state index in [1.807, 2.05) is 0 Å². The number of rotatable bonds is 1. The van der Waals surface area contributed by atoms with Gasteiger partial charge in [0.15, 0.2) is 5.69 Å². The molecule has 13 heavy (non-hydrogen) atoms. The number of H-pyrrole nitrogens is 1. The number of nitrogens with one attached hydrogen (secondary N) is 1. The monoisotopic (exact) mass is 178 g/mol. The lowest BCUT2D eigenvalue weighted by Gasteiger charge is -1.93. The number of nitrogens with zero attached hydrogens (tertiary/aromatic N) is 2. The minimum Gasteiger partial charge on any atom is -0.477 e. The molecule has 0 fully saturated rings. The fourth-order valence-electron chi connectivity index (χ4n) is 1.13. The summed E-state index contributed by atoms with van der Waals surface area (Å²) in [7, 11) is 0. The molecule has 0 atom stereocenters. The zero-order chi connectivity index (χ0) is 9.42. The summed E-state index contributed by atoms with van der Waals surface area (Å²) in [6.07, 6.45) is 2.71. The highest BCUT2D eigenvalue weighted by atomic mass is 16.4. The molecule has 0 amide bonds. The predicted molar refractivity (Wildman–Crippen MR) is 45.3 cm³/mol. The molecule has 6 heteroatoms. The van der Waals surface area contributed by atoms with Crippen LogP contribution in [0.2, 0.25) is 0 Å². The maximum Gasteiger partial charge on any atom is 0.354 e. The highest BCUT2D eigenvalue weighted by Gasteiger charge is 2.13. The lowest BCUT2D eigenvalue weighted by atomic mass is 10.3. The van der Waals surface area contributed by atoms with Crippen LogP contribution in [-0.4, -0.2) is 26.0 Å². The minimum atomic E-state index is -1.06. The van der Waals surface area contributed by atoms with Crippen molar-refractivity contribution < 1.29 is 9.90 Å². The van der Waals surface area contributed by atoms with Crippen LogP contribution in [0.3, 0.4) is 0 Å². The Balaban J connectivity index is 2.83. The SMILES string of the molecule is Nc1ncnc2c(C(=O)O)[nH]cc12. The second kappa shape index (κ2) is 2.44. The summed E-state index contributed by atoms with van der Waals surface area (Å²) in [4.78, 5) is 20.8. The molecule has 0 aromatic carbocycles. The molecule has 0 spiro atoms. The summed E-state index contributed by atoms with van der Waals surface area (Å²) in [6.45, 7) is 0. The minimum absolute atomic E-state index is 0.0316. The van der Waals surface area contributed by atoms with Crippen LogP contribution in [0.15, 0.2) is 12.5 Å². The van der Waals surface area contributed by atoms with Crippen LogP contribution >= 0.6 is 0 Å². The van der Waals surface area contributed by atoms with Crippen molar-refractivity contribution in [2.45, 2.75) is 0 Å². The summed E-state index contributed by atoms with van der Waals surface area (Å²) in [5.41, 5.74) is 5.87. The molecular weight excluding hydrogens is 172 g/mol. The molecule has 6 nitrogen and oxygen atoms in total. The van der Waals surface area contributed by atoms with Crippen LogP contribution in [0.25, 0.3) is 10.9 Å². The molecule has 0 saturated heterocycles. The van der Waals surface area contributed by atoms with Gasteiger partial charge in [-0.25, -0.2) is 14.8 Å². The van der Waals surface area contributed by atoms with Crippen LogP contribution in [0.4, 0.5) is 5.82 Å². The number of carboxylic acid groups (broad SMARTS) is 1. The third-order valence-electron chi connectivity index (χ3n) is 1.73. The van der Waals surface area contributed by atoms with Crippen molar-refractivity contribution in [1.82, 2.24) is 15.0 Å². The molecule has 66 valence electrons. The van der Waals surface area contributed by atoms with E-state index in [9.17, 15) is 4.79 Å². The third kappa shape index (κ3) is 0.994. The first-order valence-corrected chi connectivity index (χ1v) is 3.51. The van der Waals surface area contributed by atoms with Crippen LogP contribution in [0, 0.1) is 0 Å². The number of anilines is 1. The van der Waals surface area contributed by atoms with Gasteiger partial charge in [-0.1, -0.05) is 0 Å². The van der Waals surface area contributed by atoms with Gasteiger partial charge >= 0.3 is 5.97 Å². The van der Waals surface area contributed by atoms with Gasteiger partial charge in [0.05, 0.1) is 5.39 Å². The largest absolute Gasteiger partial charge is 0.477 e. The van der Waals surface area contributed by atoms with Gasteiger partial charge in [0, 0.05) is 6.20 Å². The van der Waals surface area contributed by atoms with Gasteiger partial charge in [0.1, 0.15) is 17.7 Å². The number of hydrogen-bond acceptors (Lipinski definition) is 4. The van der Waals surface area contributed by atoms with Crippen molar-refractivity contribution in [1.29, 1.82) is 0 Å². The van der Waals surface area contributed by atoms with Crippen LogP contribution < -0.4 is 5.73 Å². The van der Waals surface area contributed by atoms with Crippen LogP contribution in [-0.2, 0) is 0 Å². The van der Waals surface area contributed by atoms with Gasteiger partial charge in [-0.3, -0.25) is 0 Å². The quantitative estimate of drug-likeness (QED) is 0.580. The van der Waals surface area contributed by atoms with E-state index in [-0.39, 0.29) is 11.5 Å². The number of carbonyl (C=O) groups is 1. The summed E-state index contributed by atoms with van der Waals surface area (Å²) in [5.74, 6) is -0.790. The van der Waals surface area contributed by atoms with Gasteiger partial charge in [-0.05, 0) is 0 Å². The Morgan fingerprint density at radius 3 is 3.00 bits per heavy atom. The van der Waals surface area contributed by atoms with E-state index in [2.05, 4.69) is 15.0 Å². The maximum atomic E-state index is 10.7. The van der Waals surface area contributed by atoms with E-state index < -0.39 is 5.97 Å². The van der Waals surface area contributed by atoms with Gasteiger partial charge in [0.2, 0.25) is 0 Å². The van der Waals surface area contributed by atoms with E-state index in [1.165, 1.54) is 12.5 Å². The fraction of sp³-hybridized carbons (Fsp3) is 0. The topological polar surface area (TPSA) is 105 Å².